The summed E-state index contributed by atoms with van der Waals surface area (Å²) in [7, 11) is 1.61. The van der Waals surface area contributed by atoms with Crippen LogP contribution in [0.5, 0.6) is 17.2 Å². The second-order valence-electron chi connectivity index (χ2n) is 7.35. The third kappa shape index (κ3) is 4.48. The lowest BCUT2D eigenvalue weighted by Gasteiger charge is -2.06. The van der Waals surface area contributed by atoms with Gasteiger partial charge in [-0.2, -0.15) is 5.10 Å². The second-order valence-corrected chi connectivity index (χ2v) is 8.78. The first-order valence-corrected chi connectivity index (χ1v) is 11.6. The van der Waals surface area contributed by atoms with Crippen LogP contribution < -0.4 is 19.6 Å². The van der Waals surface area contributed by atoms with Gasteiger partial charge >= 0.3 is 0 Å². The van der Waals surface area contributed by atoms with Crippen LogP contribution >= 0.6 is 22.9 Å². The Bertz CT molecular complexity index is 1430. The molecule has 0 atom stereocenters. The van der Waals surface area contributed by atoms with Crippen molar-refractivity contribution in [3.05, 3.63) is 93.8 Å². The molecule has 6 nitrogen and oxygen atoms in total. The molecule has 0 radical (unpaired) electrons. The topological polar surface area (TPSA) is 69.2 Å². The minimum absolute atomic E-state index is 0.216. The lowest BCUT2D eigenvalue weighted by atomic mass is 10.1. The zero-order valence-electron chi connectivity index (χ0n) is 18.1. The number of carbonyl (C=O) groups is 1. The van der Waals surface area contributed by atoms with E-state index in [-0.39, 0.29) is 12.7 Å². The summed E-state index contributed by atoms with van der Waals surface area (Å²) in [6.07, 6.45) is 3.72. The van der Waals surface area contributed by atoms with Crippen LogP contribution in [0.15, 0.2) is 77.9 Å². The van der Waals surface area contributed by atoms with Crippen molar-refractivity contribution in [2.75, 3.05) is 13.9 Å². The van der Waals surface area contributed by atoms with Gasteiger partial charge in [0.2, 0.25) is 6.79 Å². The molecule has 1 aliphatic rings. The second kappa shape index (κ2) is 9.59. The van der Waals surface area contributed by atoms with Crippen molar-refractivity contribution in [1.82, 2.24) is 5.43 Å². The predicted octanol–water partition coefficient (Wildman–Crippen LogP) is 6.14. The molecule has 8 heteroatoms. The van der Waals surface area contributed by atoms with Gasteiger partial charge < -0.3 is 14.2 Å². The molecule has 1 amide bonds. The van der Waals surface area contributed by atoms with Crippen LogP contribution in [0.2, 0.25) is 5.02 Å². The van der Waals surface area contributed by atoms with Crippen LogP contribution in [0.3, 0.4) is 0 Å². The van der Waals surface area contributed by atoms with Crippen molar-refractivity contribution in [3.8, 4) is 17.2 Å². The predicted molar refractivity (Wildman–Crippen MR) is 135 cm³/mol. The molecule has 5 rings (SSSR count). The van der Waals surface area contributed by atoms with E-state index in [1.54, 1.807) is 7.11 Å². The number of nitrogens with zero attached hydrogens (tertiary/aromatic N) is 1. The number of methoxy groups -OCH3 is 1. The maximum Gasteiger partial charge on any atom is 0.283 e. The van der Waals surface area contributed by atoms with Gasteiger partial charge in [0.1, 0.15) is 10.6 Å². The van der Waals surface area contributed by atoms with E-state index < -0.39 is 0 Å². The van der Waals surface area contributed by atoms with E-state index in [2.05, 4.69) is 10.5 Å². The SMILES string of the molecule is COc1ccc(C(C=Cc2ccc3c(c2)OCO3)=NNC(=O)c2sc3ccccc3c2Cl)cc1. The number of hydrazone groups is 1. The number of carbonyl (C=O) groups excluding carboxylic acids is 1. The van der Waals surface area contributed by atoms with E-state index in [9.17, 15) is 4.79 Å². The molecule has 0 bridgehead atoms. The first-order valence-electron chi connectivity index (χ1n) is 10.4. The number of halogens is 1. The summed E-state index contributed by atoms with van der Waals surface area (Å²) in [4.78, 5) is 13.3. The van der Waals surface area contributed by atoms with Crippen molar-refractivity contribution in [1.29, 1.82) is 0 Å². The molecule has 170 valence electrons. The highest BCUT2D eigenvalue weighted by molar-refractivity contribution is 7.21. The number of hydrogen-bond acceptors (Lipinski definition) is 6. The van der Waals surface area contributed by atoms with Gasteiger partial charge in [-0.1, -0.05) is 41.9 Å². The minimum atomic E-state index is -0.367. The Kier molecular flexibility index (Phi) is 6.20. The molecule has 0 unspecified atom stereocenters. The Morgan fingerprint density at radius 1 is 1.09 bits per heavy atom. The summed E-state index contributed by atoms with van der Waals surface area (Å²) in [6, 6.07) is 20.7. The smallest absolute Gasteiger partial charge is 0.283 e. The molecule has 3 aromatic carbocycles. The standard InChI is InChI=1S/C26H19ClN2O4S/c1-31-18-10-8-17(9-11-18)20(12-6-16-7-13-21-22(14-16)33-15-32-21)28-29-26(30)25-24(27)19-4-2-3-5-23(19)34-25/h2-14H,15H2,1H3,(H,29,30). The van der Waals surface area contributed by atoms with Crippen molar-refractivity contribution >= 4 is 50.7 Å². The van der Waals surface area contributed by atoms with E-state index in [0.717, 1.165) is 27.0 Å². The lowest BCUT2D eigenvalue weighted by molar-refractivity contribution is 0.0959. The molecule has 0 saturated carbocycles. The van der Waals surface area contributed by atoms with Crippen LogP contribution in [-0.2, 0) is 0 Å². The Hall–Kier alpha value is -3.81. The van der Waals surface area contributed by atoms with Crippen LogP contribution in [0.4, 0.5) is 0 Å². The Morgan fingerprint density at radius 2 is 1.88 bits per heavy atom. The molecule has 0 saturated heterocycles. The number of ether oxygens (including phenoxy) is 3. The number of rotatable bonds is 6. The molecular formula is C26H19ClN2O4S. The monoisotopic (exact) mass is 490 g/mol. The summed E-state index contributed by atoms with van der Waals surface area (Å²) in [5, 5.41) is 5.68. The van der Waals surface area contributed by atoms with Crippen molar-refractivity contribution in [2.24, 2.45) is 5.10 Å². The number of hydrogen-bond donors (Lipinski definition) is 1. The molecule has 1 aromatic heterocycles. The molecule has 1 aliphatic heterocycles. The Balaban J connectivity index is 1.44. The zero-order chi connectivity index (χ0) is 23.5. The number of benzene rings is 3. The van der Waals surface area contributed by atoms with E-state index in [4.69, 9.17) is 25.8 Å². The van der Waals surface area contributed by atoms with Crippen LogP contribution in [-0.4, -0.2) is 25.5 Å². The van der Waals surface area contributed by atoms with Crippen molar-refractivity contribution in [2.45, 2.75) is 0 Å². The van der Waals surface area contributed by atoms with Gasteiger partial charge in [-0.15, -0.1) is 11.3 Å². The van der Waals surface area contributed by atoms with Gasteiger partial charge in [0.05, 0.1) is 17.8 Å². The molecule has 0 fully saturated rings. The Morgan fingerprint density at radius 3 is 2.68 bits per heavy atom. The summed E-state index contributed by atoms with van der Waals surface area (Å²) >= 11 is 7.79. The fraction of sp³-hybridized carbons (Fsp3) is 0.0769. The van der Waals surface area contributed by atoms with E-state index in [1.807, 2.05) is 78.9 Å². The minimum Gasteiger partial charge on any atom is -0.497 e. The van der Waals surface area contributed by atoms with Crippen LogP contribution in [0.1, 0.15) is 20.8 Å². The van der Waals surface area contributed by atoms with Crippen LogP contribution in [0.25, 0.3) is 16.2 Å². The van der Waals surface area contributed by atoms with Gasteiger partial charge in [-0.05, 0) is 54.1 Å². The van der Waals surface area contributed by atoms with Gasteiger partial charge in [0.15, 0.2) is 11.5 Å². The number of amides is 1. The molecule has 1 N–H and O–H groups in total. The first-order chi connectivity index (χ1) is 16.6. The summed E-state index contributed by atoms with van der Waals surface area (Å²) < 4.78 is 17.0. The normalized spacial score (nSPS) is 12.9. The number of thiophene rings is 1. The zero-order valence-corrected chi connectivity index (χ0v) is 19.7. The van der Waals surface area contributed by atoms with Crippen LogP contribution in [0, 0.1) is 0 Å². The maximum atomic E-state index is 12.9. The summed E-state index contributed by atoms with van der Waals surface area (Å²) in [5.41, 5.74) is 4.93. The molecular weight excluding hydrogens is 472 g/mol. The number of fused-ring (bicyclic) bond motifs is 2. The van der Waals surface area contributed by atoms with Gasteiger partial charge in [-0.25, -0.2) is 5.43 Å². The average molecular weight is 491 g/mol. The van der Waals surface area contributed by atoms with Crippen molar-refractivity contribution < 1.29 is 19.0 Å². The van der Waals surface area contributed by atoms with Gasteiger partial charge in [0.25, 0.3) is 5.91 Å². The highest BCUT2D eigenvalue weighted by Gasteiger charge is 2.17. The third-order valence-corrected chi connectivity index (χ3v) is 6.91. The first kappa shape index (κ1) is 22.0. The molecule has 0 spiro atoms. The van der Waals surface area contributed by atoms with E-state index in [1.165, 1.54) is 11.3 Å². The highest BCUT2D eigenvalue weighted by atomic mass is 35.5. The number of nitrogens with one attached hydrogen (secondary N) is 1. The van der Waals surface area contributed by atoms with Crippen molar-refractivity contribution in [3.63, 3.8) is 0 Å². The maximum absolute atomic E-state index is 12.9. The third-order valence-electron chi connectivity index (χ3n) is 5.24. The molecule has 2 heterocycles. The fourth-order valence-corrected chi connectivity index (χ4v) is 4.88. The molecule has 34 heavy (non-hydrogen) atoms. The summed E-state index contributed by atoms with van der Waals surface area (Å²) in [5.74, 6) is 1.77. The van der Waals surface area contributed by atoms with Gasteiger partial charge in [0, 0.05) is 15.6 Å². The molecule has 0 aliphatic carbocycles. The molecule has 4 aromatic rings. The van der Waals surface area contributed by atoms with E-state index >= 15 is 0 Å². The highest BCUT2D eigenvalue weighted by Crippen LogP contribution is 2.35. The number of allylic oxidation sites excluding steroid dienone is 1. The van der Waals surface area contributed by atoms with Gasteiger partial charge in [-0.3, -0.25) is 4.79 Å². The largest absolute Gasteiger partial charge is 0.497 e. The van der Waals surface area contributed by atoms with E-state index in [0.29, 0.717) is 27.1 Å². The Labute approximate surface area is 205 Å². The average Bonchev–Trinajstić information content (AvgIpc) is 3.48. The summed E-state index contributed by atoms with van der Waals surface area (Å²) in [6.45, 7) is 0.216. The fourth-order valence-electron chi connectivity index (χ4n) is 3.47. The lowest BCUT2D eigenvalue weighted by Crippen LogP contribution is -2.18. The quantitative estimate of drug-likeness (QED) is 0.260.